The average Bonchev–Trinajstić information content (AvgIpc) is 2.80. The van der Waals surface area contributed by atoms with Crippen LogP contribution in [-0.2, 0) is 9.47 Å². The van der Waals surface area contributed by atoms with Gasteiger partial charge in [0.05, 0.1) is 25.1 Å². The summed E-state index contributed by atoms with van der Waals surface area (Å²) in [5, 5.41) is 27.7. The molecule has 0 bridgehead atoms. The van der Waals surface area contributed by atoms with Gasteiger partial charge in [0.25, 0.3) is 0 Å². The summed E-state index contributed by atoms with van der Waals surface area (Å²) in [6.45, 7) is 0.730. The third-order valence-corrected chi connectivity index (χ3v) is 5.98. The van der Waals surface area contributed by atoms with Crippen LogP contribution in [0.1, 0.15) is 24.0 Å². The van der Waals surface area contributed by atoms with Gasteiger partial charge in [-0.15, -0.1) is 11.6 Å². The number of halogens is 3. The van der Waals surface area contributed by atoms with Crippen LogP contribution < -0.4 is 5.01 Å². The summed E-state index contributed by atoms with van der Waals surface area (Å²) in [4.78, 5) is 1.34. The molecule has 0 spiro atoms. The highest BCUT2D eigenvalue weighted by molar-refractivity contribution is 6.32. The predicted molar refractivity (Wildman–Crippen MR) is 132 cm³/mol. The number of alkyl halides is 1. The van der Waals surface area contributed by atoms with E-state index in [0.717, 1.165) is 29.9 Å². The van der Waals surface area contributed by atoms with E-state index < -0.39 is 12.6 Å². The van der Waals surface area contributed by atoms with Gasteiger partial charge in [-0.05, 0) is 48.2 Å². The maximum atomic E-state index is 10.8. The Bertz CT molecular complexity index is 916. The fourth-order valence-electron chi connectivity index (χ4n) is 3.43. The molecule has 2 atom stereocenters. The number of hydrogen-bond acceptors (Lipinski definition) is 7. The molecule has 1 aliphatic rings. The van der Waals surface area contributed by atoms with Crippen molar-refractivity contribution in [3.05, 3.63) is 69.6 Å². The number of benzene rings is 2. The van der Waals surface area contributed by atoms with Gasteiger partial charge in [-0.3, -0.25) is 0 Å². The fourth-order valence-corrected chi connectivity index (χ4v) is 3.98. The van der Waals surface area contributed by atoms with Crippen molar-refractivity contribution in [3.63, 3.8) is 0 Å². The Labute approximate surface area is 209 Å². The van der Waals surface area contributed by atoms with Crippen molar-refractivity contribution in [2.45, 2.75) is 25.4 Å². The van der Waals surface area contributed by atoms with Crippen molar-refractivity contribution in [2.24, 2.45) is 5.10 Å². The van der Waals surface area contributed by atoms with Gasteiger partial charge in [0.1, 0.15) is 6.73 Å². The monoisotopic (exact) mass is 514 g/mol. The molecule has 33 heavy (non-hydrogen) atoms. The molecule has 1 radical (unpaired) electrons. The van der Waals surface area contributed by atoms with E-state index >= 15 is 0 Å². The van der Waals surface area contributed by atoms with E-state index in [1.807, 2.05) is 36.4 Å². The highest BCUT2D eigenvalue weighted by Crippen LogP contribution is 2.36. The summed E-state index contributed by atoms with van der Waals surface area (Å²) in [7, 11) is 1.57. The van der Waals surface area contributed by atoms with Crippen LogP contribution in [0.2, 0.25) is 10.0 Å². The number of aliphatic hydroxyl groups is 2. The molecule has 0 aromatic heterocycles. The summed E-state index contributed by atoms with van der Waals surface area (Å²) >= 11 is 18.7. The average molecular weight is 516 g/mol. The van der Waals surface area contributed by atoms with E-state index in [1.54, 1.807) is 13.2 Å². The van der Waals surface area contributed by atoms with Crippen LogP contribution in [-0.4, -0.2) is 66.8 Å². The Morgan fingerprint density at radius 3 is 2.52 bits per heavy atom. The summed E-state index contributed by atoms with van der Waals surface area (Å²) < 4.78 is 10.4. The number of hydrogen-bond donors (Lipinski definition) is 2. The summed E-state index contributed by atoms with van der Waals surface area (Å²) in [5.74, 6) is 1.58. The van der Waals surface area contributed by atoms with Gasteiger partial charge < -0.3 is 19.7 Å². The van der Waals surface area contributed by atoms with Crippen molar-refractivity contribution in [1.82, 2.24) is 4.90 Å². The topological polar surface area (TPSA) is 77.8 Å². The first kappa shape index (κ1) is 26.2. The van der Waals surface area contributed by atoms with E-state index in [0.29, 0.717) is 34.8 Å². The number of anilines is 1. The second kappa shape index (κ2) is 12.9. The highest BCUT2D eigenvalue weighted by atomic mass is 35.5. The van der Waals surface area contributed by atoms with Gasteiger partial charge in [-0.2, -0.15) is 5.10 Å². The van der Waals surface area contributed by atoms with Gasteiger partial charge in [0.2, 0.25) is 6.35 Å². The van der Waals surface area contributed by atoms with Gasteiger partial charge in [-0.25, -0.2) is 9.91 Å². The third kappa shape index (κ3) is 6.81. The maximum absolute atomic E-state index is 10.8. The maximum Gasteiger partial charge on any atom is 0.210 e. The zero-order chi connectivity index (χ0) is 23.8. The largest absolute Gasteiger partial charge is 0.382 e. The molecule has 0 aliphatic carbocycles. The number of methoxy groups -OCH3 is 1. The van der Waals surface area contributed by atoms with Crippen LogP contribution in [0.15, 0.2) is 47.6 Å². The summed E-state index contributed by atoms with van der Waals surface area (Å²) in [5.41, 5.74) is 2.44. The van der Waals surface area contributed by atoms with E-state index in [-0.39, 0.29) is 6.73 Å². The Kier molecular flexibility index (Phi) is 10.2. The predicted octanol–water partition coefficient (Wildman–Crippen LogP) is 4.31. The van der Waals surface area contributed by atoms with Crippen molar-refractivity contribution in [3.8, 4) is 0 Å². The first-order valence-electron chi connectivity index (χ1n) is 10.5. The standard InChI is InChI=1S/C23H27Cl3N3O4/c1-32-11-12-33-15-28-22(30)14-27-29(23(28)31)18-8-9-20(21(26)13-18)19(3-2-10-24)16-4-6-17(25)7-5-16/h4-9,13-14,22-23,30-31H,2-3,10-12,15H2,1H3. The molecular formula is C23H27Cl3N3O4. The molecular weight excluding hydrogens is 489 g/mol. The van der Waals surface area contributed by atoms with Crippen LogP contribution in [0.3, 0.4) is 0 Å². The van der Waals surface area contributed by atoms with E-state index in [1.165, 1.54) is 16.1 Å². The molecule has 0 saturated heterocycles. The lowest BCUT2D eigenvalue weighted by Crippen LogP contribution is -2.56. The highest BCUT2D eigenvalue weighted by Gasteiger charge is 2.32. The van der Waals surface area contributed by atoms with E-state index in [9.17, 15) is 10.2 Å². The van der Waals surface area contributed by atoms with E-state index in [4.69, 9.17) is 44.3 Å². The van der Waals surface area contributed by atoms with Crippen LogP contribution in [0.4, 0.5) is 5.69 Å². The molecule has 7 nitrogen and oxygen atoms in total. The Balaban J connectivity index is 1.82. The Hall–Kier alpha value is -1.42. The second-order valence-corrected chi connectivity index (χ2v) is 8.58. The summed E-state index contributed by atoms with van der Waals surface area (Å²) in [6, 6.07) is 13.0. The van der Waals surface area contributed by atoms with Crippen LogP contribution in [0.5, 0.6) is 0 Å². The second-order valence-electron chi connectivity index (χ2n) is 7.36. The molecule has 0 fully saturated rings. The molecule has 2 aromatic carbocycles. The zero-order valence-corrected chi connectivity index (χ0v) is 20.5. The molecule has 179 valence electrons. The minimum absolute atomic E-state index is 0.00700. The number of hydrazone groups is 1. The van der Waals surface area contributed by atoms with Gasteiger partial charge >= 0.3 is 0 Å². The number of ether oxygens (including phenoxy) is 2. The number of nitrogens with zero attached hydrogens (tertiary/aromatic N) is 3. The lowest BCUT2D eigenvalue weighted by atomic mass is 9.87. The normalized spacial score (nSPS) is 18.9. The molecule has 3 rings (SSSR count). The fraction of sp³-hybridized carbons (Fsp3) is 0.391. The van der Waals surface area contributed by atoms with Crippen LogP contribution in [0, 0.1) is 5.92 Å². The molecule has 1 heterocycles. The van der Waals surface area contributed by atoms with Gasteiger partial charge in [0, 0.05) is 29.0 Å². The lowest BCUT2D eigenvalue weighted by molar-refractivity contribution is -0.135. The van der Waals surface area contributed by atoms with Gasteiger partial charge in [-0.1, -0.05) is 41.4 Å². The molecule has 2 aromatic rings. The summed E-state index contributed by atoms with van der Waals surface area (Å²) in [6.07, 6.45) is 0.523. The Morgan fingerprint density at radius 2 is 1.85 bits per heavy atom. The van der Waals surface area contributed by atoms with Gasteiger partial charge in [0.15, 0.2) is 6.23 Å². The van der Waals surface area contributed by atoms with Crippen molar-refractivity contribution < 1.29 is 19.7 Å². The minimum Gasteiger partial charge on any atom is -0.382 e. The number of aliphatic hydroxyl groups excluding tert-OH is 2. The van der Waals surface area contributed by atoms with Crippen molar-refractivity contribution in [2.75, 3.05) is 37.9 Å². The quantitative estimate of drug-likeness (QED) is 0.343. The number of rotatable bonds is 11. The smallest absolute Gasteiger partial charge is 0.210 e. The zero-order valence-electron chi connectivity index (χ0n) is 18.2. The third-order valence-electron chi connectivity index (χ3n) is 5.15. The first-order valence-corrected chi connectivity index (χ1v) is 11.7. The molecule has 2 unspecified atom stereocenters. The van der Waals surface area contributed by atoms with Crippen LogP contribution in [0.25, 0.3) is 0 Å². The molecule has 2 N–H and O–H groups in total. The SMILES string of the molecule is COCCOCN1C(O)C=NN(c2ccc([C](CCCCl)c3ccc(Cl)cc3)c(Cl)c2)C1O. The molecule has 0 saturated carbocycles. The molecule has 10 heteroatoms. The first-order chi connectivity index (χ1) is 16.0. The van der Waals surface area contributed by atoms with Crippen molar-refractivity contribution >= 4 is 46.7 Å². The molecule has 0 amide bonds. The lowest BCUT2D eigenvalue weighted by Gasteiger charge is -2.39. The Morgan fingerprint density at radius 1 is 1.09 bits per heavy atom. The van der Waals surface area contributed by atoms with E-state index in [2.05, 4.69) is 5.10 Å². The molecule has 1 aliphatic heterocycles. The van der Waals surface area contributed by atoms with Crippen LogP contribution >= 0.6 is 34.8 Å². The minimum atomic E-state index is -1.24. The van der Waals surface area contributed by atoms with Crippen molar-refractivity contribution in [1.29, 1.82) is 0 Å².